The lowest BCUT2D eigenvalue weighted by molar-refractivity contribution is 0.309. The second-order valence-electron chi connectivity index (χ2n) is 2.82. The van der Waals surface area contributed by atoms with Gasteiger partial charge in [-0.1, -0.05) is 11.6 Å². The van der Waals surface area contributed by atoms with Crippen LogP contribution < -0.4 is 4.74 Å². The molecule has 5 heteroatoms. The second kappa shape index (κ2) is 4.96. The van der Waals surface area contributed by atoms with E-state index in [1.165, 1.54) is 0 Å². The summed E-state index contributed by atoms with van der Waals surface area (Å²) >= 11 is 10.6. The molecule has 0 radical (unpaired) electrons. The summed E-state index contributed by atoms with van der Waals surface area (Å²) in [5, 5.41) is 0.711. The Morgan fingerprint density at radius 2 is 2.07 bits per heavy atom. The third kappa shape index (κ3) is 3.19. The van der Waals surface area contributed by atoms with E-state index in [1.807, 2.05) is 12.1 Å². The first kappa shape index (κ1) is 10.9. The summed E-state index contributed by atoms with van der Waals surface area (Å²) in [5.41, 5.74) is 0. The predicted molar refractivity (Wildman–Crippen MR) is 65.6 cm³/mol. The number of hydrogen-bond donors (Lipinski definition) is 0. The molecule has 0 N–H and O–H groups in total. The molecule has 0 aliphatic heterocycles. The van der Waals surface area contributed by atoms with Gasteiger partial charge in [-0.3, -0.25) is 0 Å². The molecule has 0 bridgehead atoms. The number of benzene rings is 1. The minimum atomic E-state index is 0.533. The Morgan fingerprint density at radius 3 is 2.67 bits per heavy atom. The van der Waals surface area contributed by atoms with Gasteiger partial charge in [0.1, 0.15) is 12.4 Å². The Kier molecular flexibility index (Phi) is 3.61. The van der Waals surface area contributed by atoms with Gasteiger partial charge in [0.15, 0.2) is 3.92 Å². The molecule has 0 saturated carbocycles. The predicted octanol–water partition coefficient (Wildman–Crippen LogP) is 4.14. The normalized spacial score (nSPS) is 10.3. The molecule has 0 saturated heterocycles. The van der Waals surface area contributed by atoms with Crippen molar-refractivity contribution in [3.63, 3.8) is 0 Å². The monoisotopic (exact) mass is 303 g/mol. The summed E-state index contributed by atoms with van der Waals surface area (Å²) in [5.74, 6) is 0.809. The minimum absolute atomic E-state index is 0.533. The third-order valence-electron chi connectivity index (χ3n) is 1.72. The largest absolute Gasteiger partial charge is 0.488 e. The van der Waals surface area contributed by atoms with Crippen LogP contribution in [0.2, 0.25) is 5.02 Å². The quantitative estimate of drug-likeness (QED) is 0.850. The van der Waals surface area contributed by atoms with E-state index >= 15 is 0 Å². The van der Waals surface area contributed by atoms with Gasteiger partial charge in [-0.25, -0.2) is 4.98 Å². The molecule has 2 rings (SSSR count). The molecule has 78 valence electrons. The van der Waals surface area contributed by atoms with E-state index in [-0.39, 0.29) is 0 Å². The smallest absolute Gasteiger partial charge is 0.159 e. The van der Waals surface area contributed by atoms with Gasteiger partial charge >= 0.3 is 0 Å². The number of hydrogen-bond acceptors (Lipinski definition) is 3. The number of aromatic nitrogens is 1. The third-order valence-corrected chi connectivity index (χ3v) is 3.42. The highest BCUT2D eigenvalue weighted by molar-refractivity contribution is 9.11. The maximum absolute atomic E-state index is 5.76. The van der Waals surface area contributed by atoms with Crippen LogP contribution in [0.3, 0.4) is 0 Å². The molecule has 0 amide bonds. The summed E-state index contributed by atoms with van der Waals surface area (Å²) < 4.78 is 6.42. The first-order valence-electron chi connectivity index (χ1n) is 4.22. The zero-order chi connectivity index (χ0) is 10.7. The Morgan fingerprint density at radius 1 is 1.33 bits per heavy atom. The van der Waals surface area contributed by atoms with Gasteiger partial charge in [0.25, 0.3) is 0 Å². The van der Waals surface area contributed by atoms with E-state index in [0.29, 0.717) is 11.6 Å². The summed E-state index contributed by atoms with van der Waals surface area (Å²) in [6.07, 6.45) is 1.80. The molecule has 2 nitrogen and oxygen atoms in total. The van der Waals surface area contributed by atoms with Gasteiger partial charge in [-0.05, 0) is 40.2 Å². The molecule has 0 atom stereocenters. The number of rotatable bonds is 3. The number of thiazole rings is 1. The van der Waals surface area contributed by atoms with E-state index in [4.69, 9.17) is 16.3 Å². The fourth-order valence-electron chi connectivity index (χ4n) is 1.04. The summed E-state index contributed by atoms with van der Waals surface area (Å²) in [6, 6.07) is 7.30. The average Bonchev–Trinajstić information content (AvgIpc) is 2.64. The number of ether oxygens (including phenoxy) is 1. The van der Waals surface area contributed by atoms with E-state index in [2.05, 4.69) is 20.9 Å². The SMILES string of the molecule is Clc1ccc(OCc2cnc(Br)s2)cc1. The van der Waals surface area contributed by atoms with Crippen LogP contribution in [0.1, 0.15) is 4.88 Å². The maximum Gasteiger partial charge on any atom is 0.159 e. The molecule has 2 aromatic rings. The molecule has 0 spiro atoms. The maximum atomic E-state index is 5.76. The average molecular weight is 305 g/mol. The zero-order valence-corrected chi connectivity index (χ0v) is 10.8. The molecular weight excluding hydrogens is 298 g/mol. The van der Waals surface area contributed by atoms with E-state index in [0.717, 1.165) is 14.5 Å². The highest BCUT2D eigenvalue weighted by atomic mass is 79.9. The van der Waals surface area contributed by atoms with Crippen molar-refractivity contribution in [1.82, 2.24) is 4.98 Å². The van der Waals surface area contributed by atoms with Crippen molar-refractivity contribution in [1.29, 1.82) is 0 Å². The highest BCUT2D eigenvalue weighted by Crippen LogP contribution is 2.21. The molecule has 1 heterocycles. The van der Waals surface area contributed by atoms with Crippen molar-refractivity contribution in [3.05, 3.63) is 44.3 Å². The lowest BCUT2D eigenvalue weighted by Crippen LogP contribution is -1.92. The molecular formula is C10H7BrClNOS. The molecule has 1 aromatic carbocycles. The van der Waals surface area contributed by atoms with Gasteiger partial charge in [-0.2, -0.15) is 0 Å². The lowest BCUT2D eigenvalue weighted by Gasteiger charge is -2.03. The van der Waals surface area contributed by atoms with Crippen LogP contribution in [-0.2, 0) is 6.61 Å². The molecule has 0 fully saturated rings. The number of halogens is 2. The minimum Gasteiger partial charge on any atom is -0.488 e. The molecule has 0 aliphatic rings. The van der Waals surface area contributed by atoms with Crippen molar-refractivity contribution >= 4 is 38.9 Å². The van der Waals surface area contributed by atoms with E-state index < -0.39 is 0 Å². The fourth-order valence-corrected chi connectivity index (χ4v) is 2.43. The van der Waals surface area contributed by atoms with Gasteiger partial charge in [0.2, 0.25) is 0 Å². The van der Waals surface area contributed by atoms with Crippen molar-refractivity contribution in [2.24, 2.45) is 0 Å². The van der Waals surface area contributed by atoms with Crippen LogP contribution >= 0.6 is 38.9 Å². The van der Waals surface area contributed by atoms with E-state index in [1.54, 1.807) is 29.7 Å². The van der Waals surface area contributed by atoms with Crippen molar-refractivity contribution in [2.75, 3.05) is 0 Å². The van der Waals surface area contributed by atoms with Crippen LogP contribution in [0.25, 0.3) is 0 Å². The van der Waals surface area contributed by atoms with Gasteiger partial charge in [0, 0.05) is 11.2 Å². The van der Waals surface area contributed by atoms with Gasteiger partial charge < -0.3 is 4.74 Å². The summed E-state index contributed by atoms with van der Waals surface area (Å²) in [6.45, 7) is 0.533. The summed E-state index contributed by atoms with van der Waals surface area (Å²) in [4.78, 5) is 5.16. The Labute approximate surface area is 105 Å². The Balaban J connectivity index is 1.96. The topological polar surface area (TPSA) is 22.1 Å². The van der Waals surface area contributed by atoms with E-state index in [9.17, 15) is 0 Å². The second-order valence-corrected chi connectivity index (χ2v) is 5.65. The Hall–Kier alpha value is -0.580. The van der Waals surface area contributed by atoms with Crippen LogP contribution in [0.5, 0.6) is 5.75 Å². The van der Waals surface area contributed by atoms with Crippen LogP contribution in [0.15, 0.2) is 34.4 Å². The standard InChI is InChI=1S/C10H7BrClNOS/c11-10-13-5-9(15-10)6-14-8-3-1-7(12)2-4-8/h1-5H,6H2. The highest BCUT2D eigenvalue weighted by Gasteiger charge is 2.00. The first-order valence-corrected chi connectivity index (χ1v) is 6.21. The van der Waals surface area contributed by atoms with Crippen molar-refractivity contribution in [3.8, 4) is 5.75 Å². The molecule has 15 heavy (non-hydrogen) atoms. The van der Waals surface area contributed by atoms with Crippen molar-refractivity contribution in [2.45, 2.75) is 6.61 Å². The summed E-state index contributed by atoms with van der Waals surface area (Å²) in [7, 11) is 0. The van der Waals surface area contributed by atoms with Crippen LogP contribution in [0, 0.1) is 0 Å². The molecule has 1 aromatic heterocycles. The van der Waals surface area contributed by atoms with Crippen molar-refractivity contribution < 1.29 is 4.74 Å². The zero-order valence-electron chi connectivity index (χ0n) is 7.61. The first-order chi connectivity index (χ1) is 7.24. The van der Waals surface area contributed by atoms with Crippen LogP contribution in [-0.4, -0.2) is 4.98 Å². The van der Waals surface area contributed by atoms with Crippen LogP contribution in [0.4, 0.5) is 0 Å². The number of nitrogens with zero attached hydrogens (tertiary/aromatic N) is 1. The lowest BCUT2D eigenvalue weighted by atomic mass is 10.3. The molecule has 0 unspecified atom stereocenters. The molecule has 0 aliphatic carbocycles. The van der Waals surface area contributed by atoms with Gasteiger partial charge in [0.05, 0.1) is 4.88 Å². The fraction of sp³-hybridized carbons (Fsp3) is 0.100. The van der Waals surface area contributed by atoms with Gasteiger partial charge in [-0.15, -0.1) is 11.3 Å². The Bertz CT molecular complexity index is 443.